The summed E-state index contributed by atoms with van der Waals surface area (Å²) in [4.78, 5) is 40.1. The molecular weight excluding hydrogens is 451 g/mol. The number of benzene rings is 2. The van der Waals surface area contributed by atoms with Gasteiger partial charge in [-0.3, -0.25) is 19.0 Å². The van der Waals surface area contributed by atoms with Crippen molar-refractivity contribution in [1.82, 2.24) is 14.9 Å². The molecule has 0 aliphatic carbocycles. The Morgan fingerprint density at radius 2 is 1.72 bits per heavy atom. The number of nitrogens with one attached hydrogen (secondary N) is 2. The average Bonchev–Trinajstić information content (AvgIpc) is 3.18. The molecule has 2 aromatic carbocycles. The Balaban J connectivity index is 1.91. The van der Waals surface area contributed by atoms with Crippen molar-refractivity contribution in [3.8, 4) is 5.69 Å². The SMILES string of the molecule is CNC(=O)c1ncn(-c2ccc(NC(=O)c3c(Cl)cccc3C(F)(F)F)cc2)c1C(N)=O. The highest BCUT2D eigenvalue weighted by Gasteiger charge is 2.36. The van der Waals surface area contributed by atoms with Crippen LogP contribution in [0.25, 0.3) is 5.69 Å². The largest absolute Gasteiger partial charge is 0.417 e. The van der Waals surface area contributed by atoms with Crippen LogP contribution in [-0.4, -0.2) is 34.3 Å². The van der Waals surface area contributed by atoms with Crippen LogP contribution >= 0.6 is 11.6 Å². The third kappa shape index (κ3) is 4.42. The number of carbonyl (C=O) groups is 3. The molecule has 3 rings (SSSR count). The van der Waals surface area contributed by atoms with Gasteiger partial charge in [0.1, 0.15) is 12.0 Å². The molecule has 166 valence electrons. The summed E-state index contributed by atoms with van der Waals surface area (Å²) in [6.45, 7) is 0. The molecule has 32 heavy (non-hydrogen) atoms. The van der Waals surface area contributed by atoms with E-state index in [-0.39, 0.29) is 22.1 Å². The topological polar surface area (TPSA) is 119 Å². The number of rotatable bonds is 5. The number of alkyl halides is 3. The van der Waals surface area contributed by atoms with Gasteiger partial charge in [-0.25, -0.2) is 4.98 Å². The lowest BCUT2D eigenvalue weighted by molar-refractivity contribution is -0.137. The van der Waals surface area contributed by atoms with Crippen LogP contribution < -0.4 is 16.4 Å². The maximum absolute atomic E-state index is 13.2. The van der Waals surface area contributed by atoms with Crippen LogP contribution in [0.1, 0.15) is 36.9 Å². The van der Waals surface area contributed by atoms with Crippen LogP contribution in [0.15, 0.2) is 48.8 Å². The van der Waals surface area contributed by atoms with E-state index in [9.17, 15) is 27.6 Å². The summed E-state index contributed by atoms with van der Waals surface area (Å²) in [5.74, 6) is -2.54. The molecular formula is C20H15ClF3N5O3. The van der Waals surface area contributed by atoms with E-state index in [4.69, 9.17) is 17.3 Å². The first-order valence-corrected chi connectivity index (χ1v) is 9.29. The third-order valence-corrected chi connectivity index (χ3v) is 4.71. The van der Waals surface area contributed by atoms with Gasteiger partial charge >= 0.3 is 6.18 Å². The van der Waals surface area contributed by atoms with Gasteiger partial charge in [0.15, 0.2) is 5.69 Å². The summed E-state index contributed by atoms with van der Waals surface area (Å²) in [5, 5.41) is 4.36. The molecule has 0 radical (unpaired) electrons. The van der Waals surface area contributed by atoms with Gasteiger partial charge in [0.25, 0.3) is 17.7 Å². The highest BCUT2D eigenvalue weighted by atomic mass is 35.5. The molecule has 0 bridgehead atoms. The summed E-state index contributed by atoms with van der Waals surface area (Å²) >= 11 is 5.84. The standard InChI is InChI=1S/C20H15ClF3N5O3/c1-26-19(32)15-16(17(25)30)29(9-27-15)11-7-5-10(6-8-11)28-18(31)14-12(20(22,23)24)3-2-4-13(14)21/h2-9H,1H3,(H2,25,30)(H,26,32)(H,28,31). The predicted octanol–water partition coefficient (Wildman–Crippen LogP) is 3.26. The Bertz CT molecular complexity index is 1210. The number of anilines is 1. The number of halogens is 4. The molecule has 3 aromatic rings. The van der Waals surface area contributed by atoms with Crippen molar-refractivity contribution < 1.29 is 27.6 Å². The molecule has 0 saturated carbocycles. The van der Waals surface area contributed by atoms with E-state index in [0.29, 0.717) is 5.69 Å². The van der Waals surface area contributed by atoms with E-state index >= 15 is 0 Å². The second-order valence-electron chi connectivity index (χ2n) is 6.42. The van der Waals surface area contributed by atoms with E-state index in [1.54, 1.807) is 0 Å². The summed E-state index contributed by atoms with van der Waals surface area (Å²) in [6, 6.07) is 8.74. The molecule has 1 aromatic heterocycles. The van der Waals surface area contributed by atoms with Crippen LogP contribution in [0, 0.1) is 0 Å². The number of nitrogens with two attached hydrogens (primary N) is 1. The van der Waals surface area contributed by atoms with Crippen molar-refractivity contribution in [2.45, 2.75) is 6.18 Å². The molecule has 0 spiro atoms. The van der Waals surface area contributed by atoms with Crippen LogP contribution in [0.2, 0.25) is 5.02 Å². The zero-order valence-corrected chi connectivity index (χ0v) is 17.1. The second-order valence-corrected chi connectivity index (χ2v) is 6.82. The molecule has 0 aliphatic rings. The van der Waals surface area contributed by atoms with E-state index in [1.165, 1.54) is 48.3 Å². The molecule has 4 N–H and O–H groups in total. The lowest BCUT2D eigenvalue weighted by Gasteiger charge is -2.14. The maximum Gasteiger partial charge on any atom is 0.417 e. The molecule has 12 heteroatoms. The summed E-state index contributed by atoms with van der Waals surface area (Å²) in [7, 11) is 1.37. The quantitative estimate of drug-likeness (QED) is 0.535. The molecule has 0 atom stereocenters. The van der Waals surface area contributed by atoms with Crippen molar-refractivity contribution in [3.63, 3.8) is 0 Å². The highest BCUT2D eigenvalue weighted by molar-refractivity contribution is 6.34. The fourth-order valence-electron chi connectivity index (χ4n) is 2.95. The van der Waals surface area contributed by atoms with Crippen molar-refractivity contribution in [3.05, 3.63) is 76.3 Å². The lowest BCUT2D eigenvalue weighted by atomic mass is 10.1. The van der Waals surface area contributed by atoms with Crippen molar-refractivity contribution >= 4 is 35.0 Å². The summed E-state index contributed by atoms with van der Waals surface area (Å²) in [5.41, 5.74) is 3.71. The minimum Gasteiger partial charge on any atom is -0.364 e. The first-order chi connectivity index (χ1) is 15.0. The van der Waals surface area contributed by atoms with Crippen LogP contribution in [0.4, 0.5) is 18.9 Å². The number of carbonyl (C=O) groups excluding carboxylic acids is 3. The van der Waals surface area contributed by atoms with Gasteiger partial charge in [-0.1, -0.05) is 17.7 Å². The normalized spacial score (nSPS) is 11.2. The van der Waals surface area contributed by atoms with Crippen LogP contribution in [0.3, 0.4) is 0 Å². The average molecular weight is 466 g/mol. The molecule has 8 nitrogen and oxygen atoms in total. The van der Waals surface area contributed by atoms with E-state index in [0.717, 1.165) is 12.1 Å². The molecule has 0 saturated heterocycles. The van der Waals surface area contributed by atoms with Gasteiger partial charge in [-0.2, -0.15) is 13.2 Å². The van der Waals surface area contributed by atoms with E-state index in [2.05, 4.69) is 15.6 Å². The van der Waals surface area contributed by atoms with Crippen molar-refractivity contribution in [1.29, 1.82) is 0 Å². The van der Waals surface area contributed by atoms with Crippen LogP contribution in [0.5, 0.6) is 0 Å². The van der Waals surface area contributed by atoms with Crippen molar-refractivity contribution in [2.75, 3.05) is 12.4 Å². The number of primary amides is 1. The zero-order chi connectivity index (χ0) is 23.6. The molecule has 0 fully saturated rings. The maximum atomic E-state index is 13.2. The predicted molar refractivity (Wildman–Crippen MR) is 110 cm³/mol. The van der Waals surface area contributed by atoms with Gasteiger partial charge in [0.2, 0.25) is 0 Å². The van der Waals surface area contributed by atoms with Gasteiger partial charge in [-0.05, 0) is 36.4 Å². The number of imidazole rings is 1. The Morgan fingerprint density at radius 3 is 2.28 bits per heavy atom. The Labute approximate surface area is 184 Å². The molecule has 1 heterocycles. The molecule has 3 amide bonds. The fourth-order valence-corrected chi connectivity index (χ4v) is 3.21. The first kappa shape index (κ1) is 22.8. The smallest absolute Gasteiger partial charge is 0.364 e. The van der Waals surface area contributed by atoms with E-state index < -0.39 is 35.0 Å². The highest BCUT2D eigenvalue weighted by Crippen LogP contribution is 2.35. The monoisotopic (exact) mass is 465 g/mol. The number of amides is 3. The number of aromatic nitrogens is 2. The Morgan fingerprint density at radius 1 is 1.06 bits per heavy atom. The minimum absolute atomic E-state index is 0.160. The lowest BCUT2D eigenvalue weighted by Crippen LogP contribution is -2.25. The van der Waals surface area contributed by atoms with Gasteiger partial charge < -0.3 is 16.4 Å². The summed E-state index contributed by atoms with van der Waals surface area (Å²) < 4.78 is 41.0. The summed E-state index contributed by atoms with van der Waals surface area (Å²) in [6.07, 6.45) is -3.55. The molecule has 0 aliphatic heterocycles. The second kappa shape index (κ2) is 8.71. The third-order valence-electron chi connectivity index (χ3n) is 4.39. The van der Waals surface area contributed by atoms with Gasteiger partial charge in [0, 0.05) is 18.4 Å². The van der Waals surface area contributed by atoms with E-state index in [1.807, 2.05) is 0 Å². The van der Waals surface area contributed by atoms with Crippen LogP contribution in [-0.2, 0) is 6.18 Å². The Hall–Kier alpha value is -3.86. The van der Waals surface area contributed by atoms with Gasteiger partial charge in [-0.15, -0.1) is 0 Å². The first-order valence-electron chi connectivity index (χ1n) is 8.91. The number of hydrogen-bond donors (Lipinski definition) is 3. The minimum atomic E-state index is -4.77. The van der Waals surface area contributed by atoms with Gasteiger partial charge in [0.05, 0.1) is 16.1 Å². The number of hydrogen-bond acceptors (Lipinski definition) is 4. The van der Waals surface area contributed by atoms with Crippen molar-refractivity contribution in [2.24, 2.45) is 5.73 Å². The molecule has 0 unspecified atom stereocenters. The zero-order valence-electron chi connectivity index (χ0n) is 16.3. The number of nitrogens with zero attached hydrogens (tertiary/aromatic N) is 2. The Kier molecular flexibility index (Phi) is 6.21. The fraction of sp³-hybridized carbons (Fsp3) is 0.100.